The summed E-state index contributed by atoms with van der Waals surface area (Å²) in [5.41, 5.74) is -0.740. The van der Waals surface area contributed by atoms with Gasteiger partial charge in [0.15, 0.2) is 17.0 Å². The SMILES string of the molecule is CCc1ccc(-c2cc(C(F)(F)F)n3nc(C(=O)N[C@@H](C)[C@H]4C[C@H]5CC[C@H]4C5)cc3n2)s1. The normalized spacial score (nSPS) is 23.7. The van der Waals surface area contributed by atoms with Crippen LogP contribution in [0.3, 0.4) is 0 Å². The van der Waals surface area contributed by atoms with Gasteiger partial charge in [-0.1, -0.05) is 13.3 Å². The zero-order valence-corrected chi connectivity index (χ0v) is 18.8. The van der Waals surface area contributed by atoms with Crippen LogP contribution >= 0.6 is 11.3 Å². The maximum Gasteiger partial charge on any atom is 0.433 e. The fraction of sp³-hybridized carbons (Fsp3) is 0.522. The first-order chi connectivity index (χ1) is 15.2. The summed E-state index contributed by atoms with van der Waals surface area (Å²) < 4.78 is 42.2. The van der Waals surface area contributed by atoms with Crippen LogP contribution in [-0.2, 0) is 12.6 Å². The molecule has 2 aliphatic rings. The number of rotatable bonds is 5. The summed E-state index contributed by atoms with van der Waals surface area (Å²) >= 11 is 1.42. The lowest BCUT2D eigenvalue weighted by atomic mass is 9.84. The second kappa shape index (κ2) is 7.86. The monoisotopic (exact) mass is 462 g/mol. The van der Waals surface area contributed by atoms with E-state index in [0.717, 1.165) is 34.2 Å². The standard InChI is InChI=1S/C23H25F3N4OS/c1-3-15-6-7-19(32-15)17-10-20(23(24,25)26)30-21(28-17)11-18(29-30)22(31)27-12(2)16-9-13-4-5-14(16)8-13/h6-7,10-14,16H,3-5,8-9H2,1-2H3,(H,27,31)/t12-,13-,14-,16+/m0/s1. The second-order valence-corrected chi connectivity index (χ2v) is 10.2. The summed E-state index contributed by atoms with van der Waals surface area (Å²) in [7, 11) is 0. The van der Waals surface area contributed by atoms with Gasteiger partial charge < -0.3 is 5.32 Å². The van der Waals surface area contributed by atoms with Gasteiger partial charge in [0, 0.05) is 17.0 Å². The maximum absolute atomic E-state index is 13.8. The van der Waals surface area contributed by atoms with Crippen LogP contribution in [0.4, 0.5) is 13.2 Å². The van der Waals surface area contributed by atoms with Gasteiger partial charge in [0.1, 0.15) is 0 Å². The third kappa shape index (κ3) is 3.80. The smallest absolute Gasteiger partial charge is 0.348 e. The third-order valence-corrected chi connectivity index (χ3v) is 8.26. The lowest BCUT2D eigenvalue weighted by Gasteiger charge is -2.28. The molecule has 1 amide bonds. The molecule has 2 aliphatic carbocycles. The number of carbonyl (C=O) groups is 1. The first-order valence-electron chi connectivity index (χ1n) is 11.1. The Morgan fingerprint density at radius 2 is 2.09 bits per heavy atom. The molecule has 3 heterocycles. The number of hydrogen-bond acceptors (Lipinski definition) is 4. The highest BCUT2D eigenvalue weighted by Crippen LogP contribution is 2.49. The highest BCUT2D eigenvalue weighted by atomic mass is 32.1. The van der Waals surface area contributed by atoms with Crippen LogP contribution in [0.1, 0.15) is 60.6 Å². The van der Waals surface area contributed by atoms with Crippen molar-refractivity contribution in [3.63, 3.8) is 0 Å². The summed E-state index contributed by atoms with van der Waals surface area (Å²) in [6.45, 7) is 3.98. The van der Waals surface area contributed by atoms with E-state index in [1.807, 2.05) is 19.9 Å². The molecular weight excluding hydrogens is 437 g/mol. The number of alkyl halides is 3. The summed E-state index contributed by atoms with van der Waals surface area (Å²) in [5, 5.41) is 6.97. The van der Waals surface area contributed by atoms with Crippen LogP contribution in [0.15, 0.2) is 24.3 Å². The summed E-state index contributed by atoms with van der Waals surface area (Å²) in [5.74, 6) is 1.36. The Morgan fingerprint density at radius 3 is 2.72 bits per heavy atom. The van der Waals surface area contributed by atoms with Gasteiger partial charge in [0.2, 0.25) is 0 Å². The highest BCUT2D eigenvalue weighted by Gasteiger charge is 2.42. The molecule has 3 aromatic heterocycles. The van der Waals surface area contributed by atoms with Crippen molar-refractivity contribution in [3.05, 3.63) is 40.5 Å². The van der Waals surface area contributed by atoms with Crippen LogP contribution in [-0.4, -0.2) is 26.5 Å². The third-order valence-electron chi connectivity index (χ3n) is 7.01. The van der Waals surface area contributed by atoms with Gasteiger partial charge in [-0.2, -0.15) is 18.3 Å². The zero-order chi connectivity index (χ0) is 22.6. The average Bonchev–Trinajstić information content (AvgIpc) is 3.54. The van der Waals surface area contributed by atoms with Gasteiger partial charge in [0.25, 0.3) is 5.91 Å². The quantitative estimate of drug-likeness (QED) is 0.537. The number of carbonyl (C=O) groups excluding carboxylic acids is 1. The van der Waals surface area contributed by atoms with Crippen molar-refractivity contribution in [2.24, 2.45) is 17.8 Å². The highest BCUT2D eigenvalue weighted by molar-refractivity contribution is 7.15. The van der Waals surface area contributed by atoms with E-state index in [1.54, 1.807) is 6.07 Å². The lowest BCUT2D eigenvalue weighted by Crippen LogP contribution is -2.40. The Morgan fingerprint density at radius 1 is 1.28 bits per heavy atom. The van der Waals surface area contributed by atoms with Crippen molar-refractivity contribution < 1.29 is 18.0 Å². The van der Waals surface area contributed by atoms with Crippen LogP contribution < -0.4 is 5.32 Å². The Kier molecular flexibility index (Phi) is 5.27. The van der Waals surface area contributed by atoms with E-state index in [0.29, 0.717) is 16.7 Å². The molecule has 4 atom stereocenters. The van der Waals surface area contributed by atoms with Gasteiger partial charge in [-0.15, -0.1) is 11.3 Å². The lowest BCUT2D eigenvalue weighted by molar-refractivity contribution is -0.142. The van der Waals surface area contributed by atoms with Gasteiger partial charge in [-0.05, 0) is 68.6 Å². The van der Waals surface area contributed by atoms with Crippen molar-refractivity contribution in [1.29, 1.82) is 0 Å². The number of nitrogens with one attached hydrogen (secondary N) is 1. The van der Waals surface area contributed by atoms with E-state index >= 15 is 0 Å². The number of aryl methyl sites for hydroxylation is 1. The molecular formula is C23H25F3N4OS. The maximum atomic E-state index is 13.8. The topological polar surface area (TPSA) is 59.3 Å². The van der Waals surface area contributed by atoms with Crippen molar-refractivity contribution in [2.45, 2.75) is 58.2 Å². The molecule has 32 heavy (non-hydrogen) atoms. The fourth-order valence-corrected chi connectivity index (χ4v) is 6.32. The number of thiophene rings is 1. The minimum atomic E-state index is -4.63. The van der Waals surface area contributed by atoms with E-state index in [-0.39, 0.29) is 23.1 Å². The molecule has 5 rings (SSSR count). The summed E-state index contributed by atoms with van der Waals surface area (Å²) in [4.78, 5) is 19.0. The van der Waals surface area contributed by atoms with E-state index in [9.17, 15) is 18.0 Å². The van der Waals surface area contributed by atoms with Crippen molar-refractivity contribution in [1.82, 2.24) is 19.9 Å². The number of halogens is 3. The van der Waals surface area contributed by atoms with E-state index in [2.05, 4.69) is 15.4 Å². The molecule has 9 heteroatoms. The molecule has 0 unspecified atom stereocenters. The predicted octanol–water partition coefficient (Wildman–Crippen LogP) is 5.59. The van der Waals surface area contributed by atoms with E-state index in [1.165, 1.54) is 36.7 Å². The van der Waals surface area contributed by atoms with Crippen molar-refractivity contribution in [2.75, 3.05) is 0 Å². The predicted molar refractivity (Wildman–Crippen MR) is 117 cm³/mol. The molecule has 5 nitrogen and oxygen atoms in total. The average molecular weight is 463 g/mol. The fourth-order valence-electron chi connectivity index (χ4n) is 5.41. The molecule has 2 saturated carbocycles. The van der Waals surface area contributed by atoms with Crippen LogP contribution in [0, 0.1) is 17.8 Å². The van der Waals surface area contributed by atoms with Crippen molar-refractivity contribution >= 4 is 22.9 Å². The van der Waals surface area contributed by atoms with Crippen molar-refractivity contribution in [3.8, 4) is 10.6 Å². The Bertz CT molecular complexity index is 1170. The van der Waals surface area contributed by atoms with Crippen LogP contribution in [0.2, 0.25) is 0 Å². The first-order valence-corrected chi connectivity index (χ1v) is 11.9. The number of hydrogen-bond donors (Lipinski definition) is 1. The largest absolute Gasteiger partial charge is 0.433 e. The molecule has 0 radical (unpaired) electrons. The minimum Gasteiger partial charge on any atom is -0.348 e. The zero-order valence-electron chi connectivity index (χ0n) is 17.9. The van der Waals surface area contributed by atoms with Gasteiger partial charge >= 0.3 is 6.18 Å². The van der Waals surface area contributed by atoms with E-state index in [4.69, 9.17) is 0 Å². The van der Waals surface area contributed by atoms with Gasteiger partial charge in [-0.3, -0.25) is 4.79 Å². The Labute approximate surface area is 188 Å². The molecule has 0 spiro atoms. The molecule has 3 aromatic rings. The molecule has 1 N–H and O–H groups in total. The van der Waals surface area contributed by atoms with Gasteiger partial charge in [-0.25, -0.2) is 9.50 Å². The number of nitrogens with zero attached hydrogens (tertiary/aromatic N) is 3. The summed E-state index contributed by atoms with van der Waals surface area (Å²) in [6, 6.07) is 5.99. The number of aromatic nitrogens is 3. The van der Waals surface area contributed by atoms with Crippen LogP contribution in [0.25, 0.3) is 16.2 Å². The van der Waals surface area contributed by atoms with Gasteiger partial charge in [0.05, 0.1) is 10.6 Å². The molecule has 2 fully saturated rings. The molecule has 2 bridgehead atoms. The number of fused-ring (bicyclic) bond motifs is 3. The first kappa shape index (κ1) is 21.4. The summed E-state index contributed by atoms with van der Waals surface area (Å²) in [6.07, 6.45) is 0.985. The molecule has 0 saturated heterocycles. The minimum absolute atomic E-state index is 0.0130. The van der Waals surface area contributed by atoms with E-state index < -0.39 is 17.8 Å². The Balaban J connectivity index is 1.46. The molecule has 170 valence electrons. The Hall–Kier alpha value is -2.42. The van der Waals surface area contributed by atoms with Crippen LogP contribution in [0.5, 0.6) is 0 Å². The molecule has 0 aliphatic heterocycles. The number of amides is 1. The second-order valence-electron chi connectivity index (χ2n) is 9.04. The molecule has 0 aromatic carbocycles.